The number of hydrogen-bond acceptors (Lipinski definition) is 7. The number of hydrogen-bond donors (Lipinski definition) is 2. The highest BCUT2D eigenvalue weighted by atomic mass is 35.5. The molecule has 0 amide bonds. The molecule has 3 N–H and O–H groups in total. The van der Waals surface area contributed by atoms with Crippen LogP contribution in [0.25, 0.3) is 0 Å². The molecule has 0 fully saturated rings. The van der Waals surface area contributed by atoms with E-state index in [9.17, 15) is 12.8 Å². The van der Waals surface area contributed by atoms with Crippen LogP contribution < -0.4 is 20.1 Å². The lowest BCUT2D eigenvalue weighted by Gasteiger charge is -2.20. The molecule has 30 heavy (non-hydrogen) atoms. The molecule has 0 aliphatic rings. The number of halogens is 2. The fourth-order valence-electron chi connectivity index (χ4n) is 2.75. The molecule has 0 unspecified atom stereocenters. The summed E-state index contributed by atoms with van der Waals surface area (Å²) in [5.41, 5.74) is 1.47. The Balaban J connectivity index is 1.93. The SMILES string of the molecule is COc1ccc(N(C)c2nc(Nc3ccc(C)c(S(N)(=O)=O)c3)ncc2F)cc1Cl. The van der Waals surface area contributed by atoms with Gasteiger partial charge >= 0.3 is 0 Å². The monoisotopic (exact) mass is 451 g/mol. The normalized spacial score (nSPS) is 11.3. The van der Waals surface area contributed by atoms with Crippen molar-refractivity contribution in [2.45, 2.75) is 11.8 Å². The summed E-state index contributed by atoms with van der Waals surface area (Å²) in [5, 5.41) is 8.47. The molecule has 0 bridgehead atoms. The summed E-state index contributed by atoms with van der Waals surface area (Å²) in [6.07, 6.45) is 1.01. The smallest absolute Gasteiger partial charge is 0.238 e. The first-order valence-electron chi connectivity index (χ1n) is 8.60. The molecule has 158 valence electrons. The number of primary sulfonamides is 1. The Labute approximate surface area is 178 Å². The number of aromatic nitrogens is 2. The number of benzene rings is 2. The Morgan fingerprint density at radius 1 is 1.23 bits per heavy atom. The highest BCUT2D eigenvalue weighted by molar-refractivity contribution is 7.89. The summed E-state index contributed by atoms with van der Waals surface area (Å²) < 4.78 is 43.0. The molecular formula is C19H19ClFN5O3S. The first-order chi connectivity index (χ1) is 14.1. The van der Waals surface area contributed by atoms with Crippen molar-refractivity contribution >= 4 is 44.8 Å². The van der Waals surface area contributed by atoms with Gasteiger partial charge in [-0.15, -0.1) is 0 Å². The fourth-order valence-corrected chi connectivity index (χ4v) is 3.81. The van der Waals surface area contributed by atoms with Gasteiger partial charge in [-0.2, -0.15) is 4.98 Å². The quantitative estimate of drug-likeness (QED) is 0.587. The maximum atomic E-state index is 14.4. The van der Waals surface area contributed by atoms with E-state index < -0.39 is 15.8 Å². The predicted octanol–water partition coefficient (Wildman–Crippen LogP) is 3.75. The van der Waals surface area contributed by atoms with Gasteiger partial charge in [0.1, 0.15) is 5.75 Å². The maximum Gasteiger partial charge on any atom is 0.238 e. The van der Waals surface area contributed by atoms with Crippen LogP contribution >= 0.6 is 11.6 Å². The van der Waals surface area contributed by atoms with Crippen molar-refractivity contribution in [1.82, 2.24) is 9.97 Å². The van der Waals surface area contributed by atoms with Crippen molar-refractivity contribution in [2.24, 2.45) is 5.14 Å². The second kappa shape index (κ2) is 8.42. The third-order valence-corrected chi connectivity index (χ3v) is 5.67. The van der Waals surface area contributed by atoms with E-state index >= 15 is 0 Å². The molecule has 3 rings (SSSR count). The zero-order valence-corrected chi connectivity index (χ0v) is 17.9. The molecule has 0 aliphatic heterocycles. The van der Waals surface area contributed by atoms with Gasteiger partial charge in [0.2, 0.25) is 16.0 Å². The zero-order valence-electron chi connectivity index (χ0n) is 16.3. The lowest BCUT2D eigenvalue weighted by Crippen LogP contribution is -2.15. The summed E-state index contributed by atoms with van der Waals surface area (Å²) in [4.78, 5) is 9.59. The van der Waals surface area contributed by atoms with Crippen LogP contribution in [-0.2, 0) is 10.0 Å². The highest BCUT2D eigenvalue weighted by Crippen LogP contribution is 2.32. The molecule has 1 heterocycles. The van der Waals surface area contributed by atoms with E-state index in [4.69, 9.17) is 21.5 Å². The Hall–Kier alpha value is -2.95. The number of anilines is 4. The number of aryl methyl sites for hydroxylation is 1. The third kappa shape index (κ3) is 4.61. The van der Waals surface area contributed by atoms with Crippen LogP contribution in [0.4, 0.5) is 27.5 Å². The first-order valence-corrected chi connectivity index (χ1v) is 10.5. The molecule has 0 spiro atoms. The van der Waals surface area contributed by atoms with E-state index in [1.807, 2.05) is 0 Å². The molecule has 0 aliphatic carbocycles. The third-order valence-electron chi connectivity index (χ3n) is 4.32. The van der Waals surface area contributed by atoms with Gasteiger partial charge < -0.3 is 15.0 Å². The molecule has 11 heteroatoms. The van der Waals surface area contributed by atoms with Crippen molar-refractivity contribution in [3.05, 3.63) is 59.0 Å². The van der Waals surface area contributed by atoms with Crippen molar-refractivity contribution in [2.75, 3.05) is 24.4 Å². The molecule has 3 aromatic rings. The number of nitrogens with one attached hydrogen (secondary N) is 1. The highest BCUT2D eigenvalue weighted by Gasteiger charge is 2.16. The van der Waals surface area contributed by atoms with Gasteiger partial charge in [0.25, 0.3) is 0 Å². The summed E-state index contributed by atoms with van der Waals surface area (Å²) >= 11 is 6.15. The second-order valence-corrected chi connectivity index (χ2v) is 8.33. The van der Waals surface area contributed by atoms with Gasteiger partial charge in [-0.1, -0.05) is 17.7 Å². The Morgan fingerprint density at radius 3 is 2.60 bits per heavy atom. The predicted molar refractivity (Wildman–Crippen MR) is 114 cm³/mol. The second-order valence-electron chi connectivity index (χ2n) is 6.39. The van der Waals surface area contributed by atoms with Crippen LogP contribution in [0.15, 0.2) is 47.5 Å². The van der Waals surface area contributed by atoms with Gasteiger partial charge in [-0.25, -0.2) is 22.9 Å². The summed E-state index contributed by atoms with van der Waals surface area (Å²) in [6.45, 7) is 1.63. The van der Waals surface area contributed by atoms with Crippen LogP contribution in [0.1, 0.15) is 5.56 Å². The number of sulfonamides is 1. The lowest BCUT2D eigenvalue weighted by atomic mass is 10.2. The van der Waals surface area contributed by atoms with Crippen molar-refractivity contribution in [1.29, 1.82) is 0 Å². The average Bonchev–Trinajstić information content (AvgIpc) is 2.69. The number of methoxy groups -OCH3 is 1. The minimum atomic E-state index is -3.89. The molecule has 1 aromatic heterocycles. The van der Waals surface area contributed by atoms with Crippen LogP contribution in [0, 0.1) is 12.7 Å². The molecule has 0 atom stereocenters. The van der Waals surface area contributed by atoms with Crippen molar-refractivity contribution < 1.29 is 17.5 Å². The molecule has 0 saturated carbocycles. The van der Waals surface area contributed by atoms with E-state index in [0.717, 1.165) is 6.20 Å². The number of rotatable bonds is 6. The zero-order chi connectivity index (χ0) is 22.1. The average molecular weight is 452 g/mol. The number of nitrogens with zero attached hydrogens (tertiary/aromatic N) is 3. The van der Waals surface area contributed by atoms with E-state index in [-0.39, 0.29) is 16.7 Å². The Bertz CT molecular complexity index is 1210. The van der Waals surface area contributed by atoms with E-state index in [1.54, 1.807) is 44.3 Å². The first kappa shape index (κ1) is 21.8. The fraction of sp³-hybridized carbons (Fsp3) is 0.158. The Kier molecular flexibility index (Phi) is 6.11. The van der Waals surface area contributed by atoms with Gasteiger partial charge in [0.05, 0.1) is 23.2 Å². The van der Waals surface area contributed by atoms with Crippen LogP contribution in [0.5, 0.6) is 5.75 Å². The van der Waals surface area contributed by atoms with Crippen molar-refractivity contribution in [3.63, 3.8) is 0 Å². The minimum Gasteiger partial charge on any atom is -0.495 e. The van der Waals surface area contributed by atoms with Crippen LogP contribution in [-0.4, -0.2) is 32.5 Å². The molecule has 8 nitrogen and oxygen atoms in total. The van der Waals surface area contributed by atoms with Gasteiger partial charge in [-0.3, -0.25) is 0 Å². The van der Waals surface area contributed by atoms with Gasteiger partial charge in [0.15, 0.2) is 11.6 Å². The van der Waals surface area contributed by atoms with E-state index in [2.05, 4.69) is 15.3 Å². The minimum absolute atomic E-state index is 0.00693. The van der Waals surface area contributed by atoms with Gasteiger partial charge in [-0.05, 0) is 42.8 Å². The molecule has 0 radical (unpaired) electrons. The maximum absolute atomic E-state index is 14.4. The Morgan fingerprint density at radius 2 is 1.97 bits per heavy atom. The summed E-state index contributed by atoms with van der Waals surface area (Å²) in [7, 11) is -0.772. The molecule has 0 saturated heterocycles. The largest absolute Gasteiger partial charge is 0.495 e. The molecular weight excluding hydrogens is 433 g/mol. The van der Waals surface area contributed by atoms with Gasteiger partial charge in [0, 0.05) is 18.4 Å². The standard InChI is InChI=1S/C19H19ClFN5O3S/c1-11-4-5-12(8-17(11)30(22,27)28)24-19-23-10-15(21)18(25-19)26(2)13-6-7-16(29-3)14(20)9-13/h4-10H,1-3H3,(H2,22,27,28)(H,23,24,25). The van der Waals surface area contributed by atoms with Crippen LogP contribution in [0.2, 0.25) is 5.02 Å². The summed E-state index contributed by atoms with van der Waals surface area (Å²) in [6, 6.07) is 9.59. The summed E-state index contributed by atoms with van der Waals surface area (Å²) in [5.74, 6) is -0.0944. The molecule has 2 aromatic carbocycles. The number of nitrogens with two attached hydrogens (primary N) is 1. The van der Waals surface area contributed by atoms with Crippen LogP contribution in [0.3, 0.4) is 0 Å². The lowest BCUT2D eigenvalue weighted by molar-refractivity contribution is 0.415. The topological polar surface area (TPSA) is 110 Å². The van der Waals surface area contributed by atoms with E-state index in [0.29, 0.717) is 27.7 Å². The van der Waals surface area contributed by atoms with E-state index in [1.165, 1.54) is 18.1 Å². The van der Waals surface area contributed by atoms with Crippen molar-refractivity contribution in [3.8, 4) is 5.75 Å². The number of ether oxygens (including phenoxy) is 1.